The van der Waals surface area contributed by atoms with Crippen molar-refractivity contribution in [2.45, 2.75) is 12.8 Å². The van der Waals surface area contributed by atoms with Crippen molar-refractivity contribution < 1.29 is 4.79 Å². The van der Waals surface area contributed by atoms with Gasteiger partial charge in [-0.2, -0.15) is 0 Å². The van der Waals surface area contributed by atoms with E-state index in [1.54, 1.807) is 12.1 Å². The molecule has 0 saturated heterocycles. The van der Waals surface area contributed by atoms with Crippen molar-refractivity contribution >= 4 is 39.8 Å². The molecule has 182 valence electrons. The fraction of sp³-hybridized carbons (Fsp3) is 0.129. The first-order valence-electron chi connectivity index (χ1n) is 12.5. The largest absolute Gasteiger partial charge is 0.374 e. The maximum Gasteiger partial charge on any atom is 0.255 e. The predicted octanol–water partition coefficient (Wildman–Crippen LogP) is 6.68. The molecule has 6 heteroatoms. The lowest BCUT2D eigenvalue weighted by atomic mass is 10.0. The Bertz CT molecular complexity index is 1580. The Kier molecular flexibility index (Phi) is 5.98. The van der Waals surface area contributed by atoms with Crippen LogP contribution in [0.25, 0.3) is 22.2 Å². The van der Waals surface area contributed by atoms with Crippen LogP contribution in [-0.4, -0.2) is 29.5 Å². The van der Waals surface area contributed by atoms with Crippen molar-refractivity contribution in [3.8, 4) is 11.3 Å². The standard InChI is InChI=1S/C31H27N5O/c1-36-19-7-10-21-13-18-25(20-28(21)36)32-30(37)23-14-16-24(17-15-23)33-31-34-27-12-6-5-11-26(27)29(35-31)22-8-3-2-4-9-22/h2-6,8-9,11-18,20H,7,10,19H2,1H3,(H,32,37)(H,33,34,35). The highest BCUT2D eigenvalue weighted by Gasteiger charge is 2.15. The second-order valence-electron chi connectivity index (χ2n) is 9.30. The fourth-order valence-electron chi connectivity index (χ4n) is 4.82. The van der Waals surface area contributed by atoms with Crippen LogP contribution in [0, 0.1) is 0 Å². The zero-order chi connectivity index (χ0) is 25.2. The Morgan fingerprint density at radius 1 is 0.838 bits per heavy atom. The van der Waals surface area contributed by atoms with Gasteiger partial charge in [0.2, 0.25) is 5.95 Å². The van der Waals surface area contributed by atoms with E-state index in [4.69, 9.17) is 9.97 Å². The van der Waals surface area contributed by atoms with Gasteiger partial charge in [-0.1, -0.05) is 54.6 Å². The third kappa shape index (κ3) is 4.74. The molecule has 37 heavy (non-hydrogen) atoms. The first-order valence-corrected chi connectivity index (χ1v) is 12.5. The molecule has 2 N–H and O–H groups in total. The van der Waals surface area contributed by atoms with Crippen LogP contribution in [0.3, 0.4) is 0 Å². The molecule has 1 amide bonds. The minimum Gasteiger partial charge on any atom is -0.374 e. The number of anilines is 4. The second-order valence-corrected chi connectivity index (χ2v) is 9.30. The van der Waals surface area contributed by atoms with Gasteiger partial charge >= 0.3 is 0 Å². The summed E-state index contributed by atoms with van der Waals surface area (Å²) in [4.78, 5) is 24.7. The van der Waals surface area contributed by atoms with E-state index in [2.05, 4.69) is 34.7 Å². The lowest BCUT2D eigenvalue weighted by Crippen LogP contribution is -2.24. The number of nitrogens with one attached hydrogen (secondary N) is 2. The van der Waals surface area contributed by atoms with Crippen LogP contribution >= 0.6 is 0 Å². The summed E-state index contributed by atoms with van der Waals surface area (Å²) in [5.74, 6) is 0.367. The van der Waals surface area contributed by atoms with Crippen LogP contribution < -0.4 is 15.5 Å². The van der Waals surface area contributed by atoms with E-state index in [0.717, 1.165) is 52.9 Å². The van der Waals surface area contributed by atoms with Crippen molar-refractivity contribution in [2.24, 2.45) is 0 Å². The summed E-state index contributed by atoms with van der Waals surface area (Å²) in [6, 6.07) is 31.6. The zero-order valence-electron chi connectivity index (χ0n) is 20.6. The predicted molar refractivity (Wildman–Crippen MR) is 151 cm³/mol. The van der Waals surface area contributed by atoms with E-state index in [1.807, 2.05) is 72.8 Å². The lowest BCUT2D eigenvalue weighted by molar-refractivity contribution is 0.102. The number of carbonyl (C=O) groups excluding carboxylic acids is 1. The molecule has 5 aromatic rings. The van der Waals surface area contributed by atoms with Crippen LogP contribution in [0.5, 0.6) is 0 Å². The molecule has 0 fully saturated rings. The number of aryl methyl sites for hydroxylation is 1. The average molecular weight is 486 g/mol. The summed E-state index contributed by atoms with van der Waals surface area (Å²) in [6.07, 6.45) is 2.24. The van der Waals surface area contributed by atoms with Crippen molar-refractivity contribution in [1.82, 2.24) is 9.97 Å². The summed E-state index contributed by atoms with van der Waals surface area (Å²) in [7, 11) is 2.09. The molecule has 0 atom stereocenters. The van der Waals surface area contributed by atoms with Crippen LogP contribution in [0.15, 0.2) is 97.1 Å². The number of fused-ring (bicyclic) bond motifs is 2. The van der Waals surface area contributed by atoms with Crippen molar-refractivity contribution in [2.75, 3.05) is 29.1 Å². The number of rotatable bonds is 5. The van der Waals surface area contributed by atoms with Crippen LogP contribution in [0.1, 0.15) is 22.3 Å². The molecule has 0 saturated carbocycles. The van der Waals surface area contributed by atoms with Crippen LogP contribution in [-0.2, 0) is 6.42 Å². The molecular weight excluding hydrogens is 458 g/mol. The second kappa shape index (κ2) is 9.74. The molecular formula is C31H27N5O. The van der Waals surface area contributed by atoms with Gasteiger partial charge in [0.1, 0.15) is 0 Å². The Morgan fingerprint density at radius 3 is 2.43 bits per heavy atom. The number of hydrogen-bond acceptors (Lipinski definition) is 5. The van der Waals surface area contributed by atoms with Gasteiger partial charge in [0.05, 0.1) is 11.2 Å². The molecule has 0 bridgehead atoms. The summed E-state index contributed by atoms with van der Waals surface area (Å²) in [5.41, 5.74) is 7.48. The SMILES string of the molecule is CN1CCCc2ccc(NC(=O)c3ccc(Nc4nc(-c5ccccc5)c5ccccc5n4)cc3)cc21. The molecule has 0 spiro atoms. The first-order chi connectivity index (χ1) is 18.1. The third-order valence-corrected chi connectivity index (χ3v) is 6.75. The van der Waals surface area contributed by atoms with E-state index < -0.39 is 0 Å². The van der Waals surface area contributed by atoms with Crippen molar-refractivity contribution in [3.63, 3.8) is 0 Å². The number of para-hydroxylation sites is 1. The first kappa shape index (κ1) is 22.7. The molecule has 1 aliphatic heterocycles. The number of amides is 1. The number of aromatic nitrogens is 2. The molecule has 0 radical (unpaired) electrons. The Morgan fingerprint density at radius 2 is 1.59 bits per heavy atom. The normalized spacial score (nSPS) is 12.7. The van der Waals surface area contributed by atoms with E-state index in [1.165, 1.54) is 11.3 Å². The van der Waals surface area contributed by atoms with Gasteiger partial charge in [0.15, 0.2) is 0 Å². The quantitative estimate of drug-likeness (QED) is 0.291. The van der Waals surface area contributed by atoms with E-state index in [9.17, 15) is 4.79 Å². The molecule has 6 rings (SSSR count). The van der Waals surface area contributed by atoms with Gasteiger partial charge in [0.25, 0.3) is 5.91 Å². The Hall–Kier alpha value is -4.71. The number of hydrogen-bond donors (Lipinski definition) is 2. The smallest absolute Gasteiger partial charge is 0.255 e. The molecule has 6 nitrogen and oxygen atoms in total. The Labute approximate surface area is 216 Å². The van der Waals surface area contributed by atoms with E-state index >= 15 is 0 Å². The highest BCUT2D eigenvalue weighted by Crippen LogP contribution is 2.30. The van der Waals surface area contributed by atoms with Gasteiger partial charge in [-0.3, -0.25) is 4.79 Å². The molecule has 4 aromatic carbocycles. The summed E-state index contributed by atoms with van der Waals surface area (Å²) in [5, 5.41) is 7.33. The Balaban J connectivity index is 1.21. The van der Waals surface area contributed by atoms with Gasteiger partial charge in [0, 0.05) is 47.2 Å². The topological polar surface area (TPSA) is 70.2 Å². The van der Waals surface area contributed by atoms with Gasteiger partial charge in [-0.05, 0) is 60.9 Å². The van der Waals surface area contributed by atoms with E-state index in [0.29, 0.717) is 11.5 Å². The highest BCUT2D eigenvalue weighted by atomic mass is 16.1. The van der Waals surface area contributed by atoms with Crippen LogP contribution in [0.2, 0.25) is 0 Å². The highest BCUT2D eigenvalue weighted by molar-refractivity contribution is 6.04. The maximum atomic E-state index is 12.9. The number of carbonyl (C=O) groups is 1. The third-order valence-electron chi connectivity index (χ3n) is 6.75. The maximum absolute atomic E-state index is 12.9. The molecule has 0 unspecified atom stereocenters. The van der Waals surface area contributed by atoms with Crippen molar-refractivity contribution in [1.29, 1.82) is 0 Å². The monoisotopic (exact) mass is 485 g/mol. The van der Waals surface area contributed by atoms with Gasteiger partial charge in [-0.15, -0.1) is 0 Å². The molecule has 1 aliphatic rings. The molecule has 1 aromatic heterocycles. The number of nitrogens with zero attached hydrogens (tertiary/aromatic N) is 3. The van der Waals surface area contributed by atoms with Crippen LogP contribution in [0.4, 0.5) is 23.0 Å². The van der Waals surface area contributed by atoms with Gasteiger partial charge < -0.3 is 15.5 Å². The summed E-state index contributed by atoms with van der Waals surface area (Å²) in [6.45, 7) is 1.03. The van der Waals surface area contributed by atoms with Gasteiger partial charge in [-0.25, -0.2) is 9.97 Å². The average Bonchev–Trinajstić information content (AvgIpc) is 2.94. The lowest BCUT2D eigenvalue weighted by Gasteiger charge is -2.28. The van der Waals surface area contributed by atoms with Crippen molar-refractivity contribution in [3.05, 3.63) is 108 Å². The number of benzene rings is 4. The fourth-order valence-corrected chi connectivity index (χ4v) is 4.82. The molecule has 0 aliphatic carbocycles. The summed E-state index contributed by atoms with van der Waals surface area (Å²) < 4.78 is 0. The minimum absolute atomic E-state index is 0.140. The minimum atomic E-state index is -0.140. The summed E-state index contributed by atoms with van der Waals surface area (Å²) >= 11 is 0. The zero-order valence-corrected chi connectivity index (χ0v) is 20.6. The van der Waals surface area contributed by atoms with E-state index in [-0.39, 0.29) is 5.91 Å². The molecule has 2 heterocycles.